The molecule has 1 aliphatic heterocycles. The largest absolute Gasteiger partial charge is 0.356 e. The Morgan fingerprint density at radius 1 is 1.43 bits per heavy atom. The van der Waals surface area contributed by atoms with Crippen LogP contribution in [0.25, 0.3) is 0 Å². The molecule has 0 radical (unpaired) electrons. The van der Waals surface area contributed by atoms with E-state index in [0.29, 0.717) is 18.4 Å². The van der Waals surface area contributed by atoms with Crippen molar-refractivity contribution in [1.29, 1.82) is 0 Å². The molecule has 1 atom stereocenters. The number of hydrogen-bond acceptors (Lipinski definition) is 2. The first-order valence-electron chi connectivity index (χ1n) is 8.07. The molecule has 1 N–H and O–H groups in total. The SMILES string of the molecule is CCCC1(C)CCCN(C(=NC)NCCC(=O)N(C)C)C1. The van der Waals surface area contributed by atoms with Gasteiger partial charge in [0, 0.05) is 47.2 Å². The van der Waals surface area contributed by atoms with E-state index in [1.165, 1.54) is 25.7 Å². The highest BCUT2D eigenvalue weighted by molar-refractivity contribution is 5.81. The third-order valence-electron chi connectivity index (χ3n) is 4.27. The summed E-state index contributed by atoms with van der Waals surface area (Å²) >= 11 is 0. The number of hydrogen-bond donors (Lipinski definition) is 1. The smallest absolute Gasteiger partial charge is 0.223 e. The second-order valence-corrected chi connectivity index (χ2v) is 6.60. The van der Waals surface area contributed by atoms with Crippen LogP contribution in [-0.4, -0.2) is 62.4 Å². The standard InChI is InChI=1S/C16H32N4O/c1-6-9-16(2)10-7-12-20(13-16)15(17-3)18-11-8-14(21)19(4)5/h6-13H2,1-5H3,(H,17,18). The van der Waals surface area contributed by atoms with Gasteiger partial charge in [0.15, 0.2) is 5.96 Å². The van der Waals surface area contributed by atoms with Crippen LogP contribution < -0.4 is 5.32 Å². The number of guanidine groups is 1. The van der Waals surface area contributed by atoms with E-state index in [1.807, 2.05) is 7.05 Å². The van der Waals surface area contributed by atoms with Crippen molar-refractivity contribution in [1.82, 2.24) is 15.1 Å². The summed E-state index contributed by atoms with van der Waals surface area (Å²) in [5.41, 5.74) is 0.393. The average Bonchev–Trinajstić information content (AvgIpc) is 2.43. The molecule has 0 aromatic heterocycles. The first kappa shape index (κ1) is 17.8. The van der Waals surface area contributed by atoms with E-state index < -0.39 is 0 Å². The molecule has 1 unspecified atom stereocenters. The Morgan fingerprint density at radius 3 is 2.71 bits per heavy atom. The van der Waals surface area contributed by atoms with Gasteiger partial charge in [-0.05, 0) is 24.7 Å². The molecular formula is C16H32N4O. The minimum absolute atomic E-state index is 0.146. The molecule has 1 saturated heterocycles. The number of amides is 1. The van der Waals surface area contributed by atoms with E-state index in [2.05, 4.69) is 29.1 Å². The second-order valence-electron chi connectivity index (χ2n) is 6.60. The van der Waals surface area contributed by atoms with Crippen molar-refractivity contribution in [2.24, 2.45) is 10.4 Å². The number of piperidine rings is 1. The number of aliphatic imine (C=N–C) groups is 1. The van der Waals surface area contributed by atoms with Gasteiger partial charge in [-0.15, -0.1) is 0 Å². The molecule has 0 aromatic rings. The van der Waals surface area contributed by atoms with Gasteiger partial charge in [-0.25, -0.2) is 0 Å². The predicted octanol–water partition coefficient (Wildman–Crippen LogP) is 1.94. The van der Waals surface area contributed by atoms with E-state index in [4.69, 9.17) is 0 Å². The summed E-state index contributed by atoms with van der Waals surface area (Å²) in [5.74, 6) is 1.08. The molecule has 5 nitrogen and oxygen atoms in total. The Kier molecular flexibility index (Phi) is 6.99. The summed E-state index contributed by atoms with van der Waals surface area (Å²) in [5, 5.41) is 3.33. The van der Waals surface area contributed by atoms with Gasteiger partial charge in [0.2, 0.25) is 5.91 Å². The molecule has 122 valence electrons. The highest BCUT2D eigenvalue weighted by Gasteiger charge is 2.31. The van der Waals surface area contributed by atoms with E-state index in [0.717, 1.165) is 19.0 Å². The zero-order chi connectivity index (χ0) is 15.9. The number of carbonyl (C=O) groups is 1. The second kappa shape index (κ2) is 8.25. The van der Waals surface area contributed by atoms with Crippen LogP contribution in [0, 0.1) is 5.41 Å². The van der Waals surface area contributed by atoms with Crippen LogP contribution in [0.2, 0.25) is 0 Å². The van der Waals surface area contributed by atoms with E-state index >= 15 is 0 Å². The third-order valence-corrected chi connectivity index (χ3v) is 4.27. The summed E-state index contributed by atoms with van der Waals surface area (Å²) in [7, 11) is 5.40. The maximum absolute atomic E-state index is 11.6. The lowest BCUT2D eigenvalue weighted by molar-refractivity contribution is -0.128. The van der Waals surface area contributed by atoms with Gasteiger partial charge >= 0.3 is 0 Å². The summed E-state index contributed by atoms with van der Waals surface area (Å²) in [6.07, 6.45) is 5.51. The fraction of sp³-hybridized carbons (Fsp3) is 0.875. The zero-order valence-electron chi connectivity index (χ0n) is 14.4. The number of nitrogens with zero attached hydrogens (tertiary/aromatic N) is 3. The molecule has 0 spiro atoms. The monoisotopic (exact) mass is 296 g/mol. The van der Waals surface area contributed by atoms with Gasteiger partial charge in [0.1, 0.15) is 0 Å². The fourth-order valence-corrected chi connectivity index (χ4v) is 3.14. The molecular weight excluding hydrogens is 264 g/mol. The molecule has 1 rings (SSSR count). The summed E-state index contributed by atoms with van der Waals surface area (Å²) in [6.45, 7) is 7.39. The summed E-state index contributed by atoms with van der Waals surface area (Å²) in [6, 6.07) is 0. The number of nitrogens with one attached hydrogen (secondary N) is 1. The van der Waals surface area contributed by atoms with Gasteiger partial charge in [0.25, 0.3) is 0 Å². The van der Waals surface area contributed by atoms with Gasteiger partial charge < -0.3 is 15.1 Å². The summed E-state index contributed by atoms with van der Waals surface area (Å²) in [4.78, 5) is 20.0. The molecule has 1 heterocycles. The first-order valence-corrected chi connectivity index (χ1v) is 8.07. The van der Waals surface area contributed by atoms with Gasteiger partial charge in [-0.1, -0.05) is 20.3 Å². The van der Waals surface area contributed by atoms with Crippen LogP contribution in [0.1, 0.15) is 46.0 Å². The zero-order valence-corrected chi connectivity index (χ0v) is 14.4. The highest BCUT2D eigenvalue weighted by atomic mass is 16.2. The van der Waals surface area contributed by atoms with Crippen molar-refractivity contribution < 1.29 is 4.79 Å². The van der Waals surface area contributed by atoms with Crippen LogP contribution >= 0.6 is 0 Å². The van der Waals surface area contributed by atoms with Crippen LogP contribution in [0.15, 0.2) is 4.99 Å². The highest BCUT2D eigenvalue weighted by Crippen LogP contribution is 2.33. The molecule has 0 aromatic carbocycles. The van der Waals surface area contributed by atoms with Gasteiger partial charge in [-0.3, -0.25) is 9.79 Å². The Labute approximate surface area is 129 Å². The van der Waals surface area contributed by atoms with Crippen LogP contribution in [-0.2, 0) is 4.79 Å². The molecule has 0 bridgehead atoms. The van der Waals surface area contributed by atoms with Crippen LogP contribution in [0.4, 0.5) is 0 Å². The lowest BCUT2D eigenvalue weighted by atomic mass is 9.78. The van der Waals surface area contributed by atoms with Crippen LogP contribution in [0.3, 0.4) is 0 Å². The molecule has 5 heteroatoms. The van der Waals surface area contributed by atoms with Crippen molar-refractivity contribution in [3.8, 4) is 0 Å². The third kappa shape index (κ3) is 5.56. The average molecular weight is 296 g/mol. The van der Waals surface area contributed by atoms with Crippen LogP contribution in [0.5, 0.6) is 0 Å². The van der Waals surface area contributed by atoms with E-state index in [1.54, 1.807) is 19.0 Å². The molecule has 1 fully saturated rings. The Bertz CT molecular complexity index is 363. The molecule has 1 amide bonds. The number of rotatable bonds is 5. The predicted molar refractivity (Wildman–Crippen MR) is 88.5 cm³/mol. The maximum Gasteiger partial charge on any atom is 0.223 e. The van der Waals surface area contributed by atoms with Crippen molar-refractivity contribution in [2.75, 3.05) is 40.8 Å². The van der Waals surface area contributed by atoms with Gasteiger partial charge in [0.05, 0.1) is 0 Å². The lowest BCUT2D eigenvalue weighted by Crippen LogP contribution is -2.50. The van der Waals surface area contributed by atoms with Crippen molar-refractivity contribution in [3.05, 3.63) is 0 Å². The van der Waals surface area contributed by atoms with Crippen molar-refractivity contribution >= 4 is 11.9 Å². The lowest BCUT2D eigenvalue weighted by Gasteiger charge is -2.42. The molecule has 1 aliphatic rings. The summed E-state index contributed by atoms with van der Waals surface area (Å²) < 4.78 is 0. The Hall–Kier alpha value is -1.26. The Morgan fingerprint density at radius 2 is 2.14 bits per heavy atom. The fourth-order valence-electron chi connectivity index (χ4n) is 3.14. The topological polar surface area (TPSA) is 47.9 Å². The molecule has 0 saturated carbocycles. The van der Waals surface area contributed by atoms with E-state index in [-0.39, 0.29) is 5.91 Å². The number of likely N-dealkylation sites (tertiary alicyclic amines) is 1. The van der Waals surface area contributed by atoms with Crippen molar-refractivity contribution in [3.63, 3.8) is 0 Å². The quantitative estimate of drug-likeness (QED) is 0.623. The molecule has 0 aliphatic carbocycles. The normalized spacial score (nSPS) is 23.1. The minimum atomic E-state index is 0.146. The maximum atomic E-state index is 11.6. The minimum Gasteiger partial charge on any atom is -0.356 e. The first-order chi connectivity index (χ1) is 9.91. The van der Waals surface area contributed by atoms with E-state index in [9.17, 15) is 4.79 Å². The van der Waals surface area contributed by atoms with Crippen molar-refractivity contribution in [2.45, 2.75) is 46.0 Å². The van der Waals surface area contributed by atoms with Gasteiger partial charge in [-0.2, -0.15) is 0 Å². The number of carbonyl (C=O) groups excluding carboxylic acids is 1. The Balaban J connectivity index is 2.50. The molecule has 21 heavy (non-hydrogen) atoms.